The summed E-state index contributed by atoms with van der Waals surface area (Å²) in [6.45, 7) is 0. The van der Waals surface area contributed by atoms with Crippen LogP contribution in [0.3, 0.4) is 0 Å². The number of hydrogen-bond donors (Lipinski definition) is 1. The van der Waals surface area contributed by atoms with Gasteiger partial charge in [-0.05, 0) is 29.4 Å². The van der Waals surface area contributed by atoms with Gasteiger partial charge in [0.2, 0.25) is 0 Å². The van der Waals surface area contributed by atoms with E-state index in [2.05, 4.69) is 14.3 Å². The van der Waals surface area contributed by atoms with Crippen LogP contribution in [0.2, 0.25) is 0 Å². The van der Waals surface area contributed by atoms with Gasteiger partial charge in [0.15, 0.2) is 9.37 Å². The number of carboxylic acid groups (broad SMARTS) is 1. The highest BCUT2D eigenvalue weighted by Gasteiger charge is 2.20. The van der Waals surface area contributed by atoms with E-state index in [9.17, 15) is 14.9 Å². The summed E-state index contributed by atoms with van der Waals surface area (Å²) in [5, 5.41) is 19.6. The minimum atomic E-state index is -1.25. The van der Waals surface area contributed by atoms with Gasteiger partial charge in [-0.1, -0.05) is 0 Å². The van der Waals surface area contributed by atoms with Gasteiger partial charge in [0, 0.05) is 6.07 Å². The van der Waals surface area contributed by atoms with Crippen LogP contribution in [0.25, 0.3) is 0 Å². The zero-order valence-electron chi connectivity index (χ0n) is 8.51. The predicted molar refractivity (Wildman–Crippen MR) is 61.9 cm³/mol. The van der Waals surface area contributed by atoms with Gasteiger partial charge in [-0.2, -0.15) is 4.37 Å². The molecule has 2 aromatic heterocycles. The first-order chi connectivity index (χ1) is 8.58. The molecule has 0 radical (unpaired) electrons. The Morgan fingerprint density at radius 1 is 1.50 bits per heavy atom. The summed E-state index contributed by atoms with van der Waals surface area (Å²) in [6.07, 6.45) is 1.31. The monoisotopic (exact) mass is 284 g/mol. The molecular weight excluding hydrogens is 280 g/mol. The van der Waals surface area contributed by atoms with E-state index in [0.717, 1.165) is 35.4 Å². The first-order valence-electron chi connectivity index (χ1n) is 4.41. The molecule has 0 aliphatic heterocycles. The Kier molecular flexibility index (Phi) is 3.48. The molecule has 1 N–H and O–H groups in total. The second-order valence-corrected chi connectivity index (χ2v) is 4.91. The molecule has 0 saturated carbocycles. The minimum Gasteiger partial charge on any atom is -0.477 e. The van der Waals surface area contributed by atoms with Crippen molar-refractivity contribution in [2.75, 3.05) is 0 Å². The highest BCUT2D eigenvalue weighted by atomic mass is 32.2. The third-order valence-corrected chi connectivity index (χ3v) is 3.49. The lowest BCUT2D eigenvalue weighted by atomic mass is 10.3. The third kappa shape index (κ3) is 2.60. The topological polar surface area (TPSA) is 119 Å². The van der Waals surface area contributed by atoms with Crippen LogP contribution in [0.5, 0.6) is 0 Å². The second kappa shape index (κ2) is 5.06. The molecule has 8 nitrogen and oxygen atoms in total. The first kappa shape index (κ1) is 12.4. The summed E-state index contributed by atoms with van der Waals surface area (Å²) in [5.74, 6) is -1.25. The largest absolute Gasteiger partial charge is 0.477 e. The number of carbonyl (C=O) groups is 1. The molecule has 92 valence electrons. The number of nitro groups is 1. The number of rotatable bonds is 4. The van der Waals surface area contributed by atoms with Gasteiger partial charge in [-0.15, -0.1) is 0 Å². The van der Waals surface area contributed by atoms with Crippen molar-refractivity contribution in [3.8, 4) is 0 Å². The Hall–Kier alpha value is -2.07. The Morgan fingerprint density at radius 2 is 2.28 bits per heavy atom. The van der Waals surface area contributed by atoms with E-state index in [-0.39, 0.29) is 16.4 Å². The maximum atomic E-state index is 10.8. The van der Waals surface area contributed by atoms with Crippen LogP contribution in [0.4, 0.5) is 5.69 Å². The molecule has 10 heteroatoms. The highest BCUT2D eigenvalue weighted by molar-refractivity contribution is 8.01. The molecule has 0 atom stereocenters. The number of aromatic nitrogens is 3. The SMILES string of the molecule is O=C(O)c1ccc([N+](=O)[O-])c(Sc2ncns2)n1. The maximum absolute atomic E-state index is 10.8. The molecule has 0 bridgehead atoms. The fourth-order valence-corrected chi connectivity index (χ4v) is 2.51. The number of carboxylic acids is 1. The molecule has 2 rings (SSSR count). The lowest BCUT2D eigenvalue weighted by molar-refractivity contribution is -0.388. The van der Waals surface area contributed by atoms with Gasteiger partial charge < -0.3 is 5.11 Å². The van der Waals surface area contributed by atoms with Gasteiger partial charge in [0.1, 0.15) is 12.0 Å². The molecule has 0 fully saturated rings. The fraction of sp³-hybridized carbons (Fsp3) is 0. The van der Waals surface area contributed by atoms with E-state index in [1.54, 1.807) is 0 Å². The molecule has 0 aliphatic rings. The number of nitrogens with zero attached hydrogens (tertiary/aromatic N) is 4. The van der Waals surface area contributed by atoms with Gasteiger partial charge in [-0.25, -0.2) is 14.8 Å². The average molecular weight is 284 g/mol. The van der Waals surface area contributed by atoms with Crippen LogP contribution in [0.1, 0.15) is 10.5 Å². The zero-order chi connectivity index (χ0) is 13.1. The Labute approximate surface area is 108 Å². The Morgan fingerprint density at radius 3 is 2.83 bits per heavy atom. The van der Waals surface area contributed by atoms with E-state index in [1.807, 2.05) is 0 Å². The second-order valence-electron chi connectivity index (χ2n) is 2.89. The third-order valence-electron chi connectivity index (χ3n) is 1.78. The standard InChI is InChI=1S/C8H4N4O4S2/c13-7(14)4-1-2-5(12(15)16)6(11-4)17-8-9-3-10-18-8/h1-3H,(H,13,14). The Balaban J connectivity index is 2.43. The van der Waals surface area contributed by atoms with Crippen molar-refractivity contribution in [2.24, 2.45) is 0 Å². The molecule has 2 aromatic rings. The van der Waals surface area contributed by atoms with Crippen LogP contribution in [-0.2, 0) is 0 Å². The summed E-state index contributed by atoms with van der Waals surface area (Å²) in [5.41, 5.74) is -0.521. The van der Waals surface area contributed by atoms with E-state index in [1.165, 1.54) is 6.33 Å². The number of pyridine rings is 1. The predicted octanol–water partition coefficient (Wildman–Crippen LogP) is 1.69. The molecule has 0 amide bonds. The Bertz CT molecular complexity index is 601. The van der Waals surface area contributed by atoms with Crippen LogP contribution in [0.15, 0.2) is 27.8 Å². The van der Waals surface area contributed by atoms with Crippen molar-refractivity contribution in [1.82, 2.24) is 14.3 Å². The minimum absolute atomic E-state index is 0.0170. The summed E-state index contributed by atoms with van der Waals surface area (Å²) in [7, 11) is 0. The fourth-order valence-electron chi connectivity index (χ4n) is 1.06. The van der Waals surface area contributed by atoms with Gasteiger partial charge in [0.05, 0.1) is 4.92 Å². The average Bonchev–Trinajstić information content (AvgIpc) is 2.81. The molecule has 0 spiro atoms. The highest BCUT2D eigenvalue weighted by Crippen LogP contribution is 2.33. The van der Waals surface area contributed by atoms with E-state index >= 15 is 0 Å². The van der Waals surface area contributed by atoms with Crippen molar-refractivity contribution < 1.29 is 14.8 Å². The number of hydrogen-bond acceptors (Lipinski definition) is 8. The molecule has 0 aliphatic carbocycles. The molecular formula is C8H4N4O4S2. The van der Waals surface area contributed by atoms with Crippen LogP contribution >= 0.6 is 23.3 Å². The molecule has 0 saturated heterocycles. The van der Waals surface area contributed by atoms with Crippen LogP contribution < -0.4 is 0 Å². The quantitative estimate of drug-likeness (QED) is 0.665. The lowest BCUT2D eigenvalue weighted by Crippen LogP contribution is -2.03. The van der Waals surface area contributed by atoms with Crippen molar-refractivity contribution >= 4 is 35.0 Å². The molecule has 2 heterocycles. The summed E-state index contributed by atoms with van der Waals surface area (Å²) < 4.78 is 4.20. The molecule has 18 heavy (non-hydrogen) atoms. The summed E-state index contributed by atoms with van der Waals surface area (Å²) in [4.78, 5) is 28.5. The molecule has 0 unspecified atom stereocenters. The van der Waals surface area contributed by atoms with E-state index in [0.29, 0.717) is 4.34 Å². The van der Waals surface area contributed by atoms with Gasteiger partial charge in [0.25, 0.3) is 0 Å². The van der Waals surface area contributed by atoms with Crippen molar-refractivity contribution in [1.29, 1.82) is 0 Å². The molecule has 0 aromatic carbocycles. The smallest absolute Gasteiger partial charge is 0.354 e. The van der Waals surface area contributed by atoms with Crippen LogP contribution in [-0.4, -0.2) is 30.3 Å². The maximum Gasteiger partial charge on any atom is 0.354 e. The van der Waals surface area contributed by atoms with E-state index < -0.39 is 10.9 Å². The lowest BCUT2D eigenvalue weighted by Gasteiger charge is -2.00. The van der Waals surface area contributed by atoms with Crippen molar-refractivity contribution in [2.45, 2.75) is 9.37 Å². The normalized spacial score (nSPS) is 10.2. The van der Waals surface area contributed by atoms with Gasteiger partial charge >= 0.3 is 11.7 Å². The first-order valence-corrected chi connectivity index (χ1v) is 6.00. The zero-order valence-corrected chi connectivity index (χ0v) is 10.1. The van der Waals surface area contributed by atoms with Gasteiger partial charge in [-0.3, -0.25) is 10.1 Å². The van der Waals surface area contributed by atoms with Crippen molar-refractivity contribution in [3.05, 3.63) is 34.3 Å². The number of aromatic carboxylic acids is 1. The van der Waals surface area contributed by atoms with E-state index in [4.69, 9.17) is 5.11 Å². The van der Waals surface area contributed by atoms with Crippen molar-refractivity contribution in [3.63, 3.8) is 0 Å². The van der Waals surface area contributed by atoms with Crippen LogP contribution in [0, 0.1) is 10.1 Å². The summed E-state index contributed by atoms with van der Waals surface area (Å²) in [6, 6.07) is 2.20. The summed E-state index contributed by atoms with van der Waals surface area (Å²) >= 11 is 1.95.